The van der Waals surface area contributed by atoms with Crippen LogP contribution in [-0.4, -0.2) is 19.0 Å². The maximum Gasteiger partial charge on any atom is 0.417 e. The van der Waals surface area contributed by atoms with Crippen molar-refractivity contribution in [1.82, 2.24) is 0 Å². The molecule has 1 aromatic carbocycles. The van der Waals surface area contributed by atoms with E-state index in [4.69, 9.17) is 10.1 Å². The summed E-state index contributed by atoms with van der Waals surface area (Å²) >= 11 is 2.99. The van der Waals surface area contributed by atoms with Gasteiger partial charge in [-0.15, -0.1) is 0 Å². The van der Waals surface area contributed by atoms with Crippen molar-refractivity contribution < 1.29 is 17.9 Å². The maximum atomic E-state index is 13.1. The molecule has 1 aliphatic rings. The third-order valence-corrected chi connectivity index (χ3v) is 4.25. The van der Waals surface area contributed by atoms with Gasteiger partial charge in [0.25, 0.3) is 0 Å². The summed E-state index contributed by atoms with van der Waals surface area (Å²) in [4.78, 5) is 0. The van der Waals surface area contributed by atoms with Crippen LogP contribution in [0.3, 0.4) is 0 Å². The van der Waals surface area contributed by atoms with Crippen molar-refractivity contribution >= 4 is 27.8 Å². The largest absolute Gasteiger partial charge is 0.417 e. The van der Waals surface area contributed by atoms with Crippen molar-refractivity contribution in [2.45, 2.75) is 38.6 Å². The SMILES string of the molecule is Cc1cc(NC2CCCCO2)c(C=N)c(Br)c1C(F)(F)F. The molecule has 1 heterocycles. The Morgan fingerprint density at radius 3 is 2.67 bits per heavy atom. The lowest BCUT2D eigenvalue weighted by atomic mass is 10.0. The molecule has 0 bridgehead atoms. The number of rotatable bonds is 3. The van der Waals surface area contributed by atoms with Crippen molar-refractivity contribution in [3.8, 4) is 0 Å². The Bertz CT molecular complexity index is 540. The molecule has 2 rings (SSSR count). The van der Waals surface area contributed by atoms with E-state index in [9.17, 15) is 13.2 Å². The number of ether oxygens (including phenoxy) is 1. The number of aryl methyl sites for hydroxylation is 1. The molecule has 1 aliphatic heterocycles. The number of alkyl halides is 3. The fourth-order valence-electron chi connectivity index (χ4n) is 2.43. The molecule has 0 amide bonds. The van der Waals surface area contributed by atoms with Crippen LogP contribution in [0.4, 0.5) is 18.9 Å². The first-order valence-electron chi connectivity index (χ1n) is 6.63. The Morgan fingerprint density at radius 1 is 1.43 bits per heavy atom. The monoisotopic (exact) mass is 364 g/mol. The molecule has 0 spiro atoms. The highest BCUT2D eigenvalue weighted by atomic mass is 79.9. The molecule has 3 nitrogen and oxygen atoms in total. The van der Waals surface area contributed by atoms with Gasteiger partial charge in [0.2, 0.25) is 0 Å². The fourth-order valence-corrected chi connectivity index (χ4v) is 3.29. The Kier molecular flexibility index (Phi) is 4.93. The molecule has 1 atom stereocenters. The van der Waals surface area contributed by atoms with Crippen LogP contribution in [0.5, 0.6) is 0 Å². The predicted octanol–water partition coefficient (Wildman–Crippen LogP) is 4.71. The molecule has 21 heavy (non-hydrogen) atoms. The zero-order valence-electron chi connectivity index (χ0n) is 11.5. The highest BCUT2D eigenvalue weighted by molar-refractivity contribution is 9.10. The summed E-state index contributed by atoms with van der Waals surface area (Å²) < 4.78 is 44.6. The van der Waals surface area contributed by atoms with Crippen molar-refractivity contribution in [2.24, 2.45) is 0 Å². The third-order valence-electron chi connectivity index (χ3n) is 3.43. The summed E-state index contributed by atoms with van der Waals surface area (Å²) in [6.45, 7) is 2.05. The van der Waals surface area contributed by atoms with Crippen LogP contribution in [0.15, 0.2) is 10.5 Å². The Hall–Kier alpha value is -1.08. The first-order valence-corrected chi connectivity index (χ1v) is 7.42. The third kappa shape index (κ3) is 3.58. The summed E-state index contributed by atoms with van der Waals surface area (Å²) in [5.74, 6) is 0. The highest BCUT2D eigenvalue weighted by Crippen LogP contribution is 2.41. The molecule has 0 aromatic heterocycles. The molecule has 1 unspecified atom stereocenters. The van der Waals surface area contributed by atoms with E-state index in [2.05, 4.69) is 21.2 Å². The van der Waals surface area contributed by atoms with E-state index >= 15 is 0 Å². The quantitative estimate of drug-likeness (QED) is 0.762. The van der Waals surface area contributed by atoms with Crippen LogP contribution in [0.1, 0.15) is 36.0 Å². The number of halogens is 4. The minimum absolute atomic E-state index is 0.108. The van der Waals surface area contributed by atoms with Gasteiger partial charge in [-0.25, -0.2) is 0 Å². The molecule has 1 fully saturated rings. The van der Waals surface area contributed by atoms with Gasteiger partial charge >= 0.3 is 6.18 Å². The number of hydrogen-bond donors (Lipinski definition) is 2. The molecule has 116 valence electrons. The maximum absolute atomic E-state index is 13.1. The fraction of sp³-hybridized carbons (Fsp3) is 0.500. The molecular weight excluding hydrogens is 349 g/mol. The summed E-state index contributed by atoms with van der Waals surface area (Å²) in [6.07, 6.45) is -0.955. The van der Waals surface area contributed by atoms with Crippen molar-refractivity contribution in [3.05, 3.63) is 27.2 Å². The molecular formula is C14H16BrF3N2O. The average Bonchev–Trinajstić information content (AvgIpc) is 2.38. The summed E-state index contributed by atoms with van der Waals surface area (Å²) in [5, 5.41) is 10.5. The first kappa shape index (κ1) is 16.3. The lowest BCUT2D eigenvalue weighted by molar-refractivity contribution is -0.138. The molecule has 0 aliphatic carbocycles. The van der Waals surface area contributed by atoms with Gasteiger partial charge in [0.05, 0.1) is 5.56 Å². The molecule has 1 aromatic rings. The topological polar surface area (TPSA) is 45.1 Å². The summed E-state index contributed by atoms with van der Waals surface area (Å²) in [5.41, 5.74) is 0.0331. The van der Waals surface area contributed by atoms with Crippen LogP contribution in [0.2, 0.25) is 0 Å². The van der Waals surface area contributed by atoms with Crippen LogP contribution in [0, 0.1) is 12.3 Å². The first-order chi connectivity index (χ1) is 9.84. The van der Waals surface area contributed by atoms with Crippen LogP contribution < -0.4 is 5.32 Å². The molecule has 2 N–H and O–H groups in total. The zero-order valence-corrected chi connectivity index (χ0v) is 13.1. The number of anilines is 1. The van der Waals surface area contributed by atoms with Crippen LogP contribution >= 0.6 is 15.9 Å². The standard InChI is InChI=1S/C14H16BrF3N2O/c1-8-6-10(20-11-4-2-3-5-21-11)9(7-19)13(15)12(8)14(16,17)18/h6-7,11,19-20H,2-5H2,1H3. The zero-order chi connectivity index (χ0) is 15.6. The van der Waals surface area contributed by atoms with Crippen molar-refractivity contribution in [1.29, 1.82) is 5.41 Å². The number of nitrogens with one attached hydrogen (secondary N) is 2. The van der Waals surface area contributed by atoms with E-state index < -0.39 is 11.7 Å². The van der Waals surface area contributed by atoms with Crippen LogP contribution in [0.25, 0.3) is 0 Å². The van der Waals surface area contributed by atoms with Crippen LogP contribution in [-0.2, 0) is 10.9 Å². The Morgan fingerprint density at radius 2 is 2.14 bits per heavy atom. The second kappa shape index (κ2) is 6.36. The lowest BCUT2D eigenvalue weighted by Crippen LogP contribution is -2.28. The van der Waals surface area contributed by atoms with E-state index in [0.717, 1.165) is 25.5 Å². The second-order valence-electron chi connectivity index (χ2n) is 4.99. The van der Waals surface area contributed by atoms with Gasteiger partial charge in [0.1, 0.15) is 6.23 Å². The Labute approximate surface area is 129 Å². The highest BCUT2D eigenvalue weighted by Gasteiger charge is 2.36. The van der Waals surface area contributed by atoms with Gasteiger partial charge in [-0.1, -0.05) is 0 Å². The van der Waals surface area contributed by atoms with Gasteiger partial charge in [-0.2, -0.15) is 13.2 Å². The van der Waals surface area contributed by atoms with Gasteiger partial charge in [0.15, 0.2) is 0 Å². The van der Waals surface area contributed by atoms with E-state index in [0.29, 0.717) is 12.3 Å². The molecule has 0 radical (unpaired) electrons. The Balaban J connectivity index is 2.40. The average molecular weight is 365 g/mol. The molecule has 0 saturated carbocycles. The summed E-state index contributed by atoms with van der Waals surface area (Å²) in [6, 6.07) is 1.42. The predicted molar refractivity (Wildman–Crippen MR) is 79.0 cm³/mol. The van der Waals surface area contributed by atoms with E-state index in [1.807, 2.05) is 0 Å². The second-order valence-corrected chi connectivity index (χ2v) is 5.78. The minimum Gasteiger partial charge on any atom is -0.360 e. The van der Waals surface area contributed by atoms with Gasteiger partial charge in [0, 0.05) is 28.5 Å². The summed E-state index contributed by atoms with van der Waals surface area (Å²) in [7, 11) is 0. The van der Waals surface area contributed by atoms with E-state index in [1.54, 1.807) is 0 Å². The van der Waals surface area contributed by atoms with E-state index in [-0.39, 0.29) is 21.8 Å². The van der Waals surface area contributed by atoms with Crippen molar-refractivity contribution in [2.75, 3.05) is 11.9 Å². The smallest absolute Gasteiger partial charge is 0.360 e. The van der Waals surface area contributed by atoms with Gasteiger partial charge in [-0.05, 0) is 53.7 Å². The van der Waals surface area contributed by atoms with Gasteiger partial charge < -0.3 is 15.5 Å². The lowest BCUT2D eigenvalue weighted by Gasteiger charge is -2.26. The van der Waals surface area contributed by atoms with Gasteiger partial charge in [-0.3, -0.25) is 0 Å². The number of benzene rings is 1. The normalized spacial score (nSPS) is 19.4. The number of hydrogen-bond acceptors (Lipinski definition) is 3. The van der Waals surface area contributed by atoms with E-state index in [1.165, 1.54) is 13.0 Å². The molecule has 7 heteroatoms. The minimum atomic E-state index is -4.46. The molecule has 1 saturated heterocycles. The van der Waals surface area contributed by atoms with Crippen molar-refractivity contribution in [3.63, 3.8) is 0 Å².